The van der Waals surface area contributed by atoms with Gasteiger partial charge in [0, 0.05) is 23.8 Å². The van der Waals surface area contributed by atoms with E-state index in [-0.39, 0.29) is 6.04 Å². The third kappa shape index (κ3) is 4.24. The SMILES string of the molecule is CCCCCCCCn1ccc2ccc(-c3noc(C4CCCN4)n3)cc21. The van der Waals surface area contributed by atoms with Crippen LogP contribution in [-0.2, 0) is 6.54 Å². The maximum absolute atomic E-state index is 5.51. The lowest BCUT2D eigenvalue weighted by Gasteiger charge is -2.06. The fraction of sp³-hybridized carbons (Fsp3) is 0.545. The summed E-state index contributed by atoms with van der Waals surface area (Å²) in [6, 6.07) is 8.86. The number of aromatic nitrogens is 3. The molecule has 0 aliphatic carbocycles. The van der Waals surface area contributed by atoms with Gasteiger partial charge in [0.05, 0.1) is 6.04 Å². The van der Waals surface area contributed by atoms with Crippen LogP contribution < -0.4 is 5.32 Å². The first kappa shape index (κ1) is 18.2. The summed E-state index contributed by atoms with van der Waals surface area (Å²) in [5.41, 5.74) is 2.28. The second-order valence-corrected chi connectivity index (χ2v) is 7.66. The van der Waals surface area contributed by atoms with E-state index in [0.717, 1.165) is 25.1 Å². The Labute approximate surface area is 161 Å². The van der Waals surface area contributed by atoms with E-state index in [4.69, 9.17) is 4.52 Å². The molecule has 0 saturated carbocycles. The van der Waals surface area contributed by atoms with Gasteiger partial charge < -0.3 is 14.4 Å². The number of benzene rings is 1. The summed E-state index contributed by atoms with van der Waals surface area (Å²) in [4.78, 5) is 4.64. The van der Waals surface area contributed by atoms with E-state index in [0.29, 0.717) is 11.7 Å². The zero-order valence-electron chi connectivity index (χ0n) is 16.3. The summed E-state index contributed by atoms with van der Waals surface area (Å²) in [6.07, 6.45) is 12.4. The summed E-state index contributed by atoms with van der Waals surface area (Å²) in [7, 11) is 0. The van der Waals surface area contributed by atoms with Crippen LogP contribution >= 0.6 is 0 Å². The van der Waals surface area contributed by atoms with E-state index in [1.807, 2.05) is 0 Å². The molecule has 1 fully saturated rings. The lowest BCUT2D eigenvalue weighted by molar-refractivity contribution is 0.345. The lowest BCUT2D eigenvalue weighted by Crippen LogP contribution is -2.12. The molecule has 1 atom stereocenters. The predicted octanol–water partition coefficient (Wildman–Crippen LogP) is 5.48. The van der Waals surface area contributed by atoms with Crippen molar-refractivity contribution in [3.05, 3.63) is 36.4 Å². The van der Waals surface area contributed by atoms with Gasteiger partial charge in [-0.2, -0.15) is 4.98 Å². The van der Waals surface area contributed by atoms with Crippen LogP contribution in [0, 0.1) is 0 Å². The van der Waals surface area contributed by atoms with Gasteiger partial charge >= 0.3 is 0 Å². The monoisotopic (exact) mass is 366 g/mol. The number of hydrogen-bond acceptors (Lipinski definition) is 4. The smallest absolute Gasteiger partial charge is 0.244 e. The van der Waals surface area contributed by atoms with Gasteiger partial charge in [0.1, 0.15) is 0 Å². The number of unbranched alkanes of at least 4 members (excludes halogenated alkanes) is 5. The van der Waals surface area contributed by atoms with Gasteiger partial charge in [0.2, 0.25) is 11.7 Å². The highest BCUT2D eigenvalue weighted by atomic mass is 16.5. The maximum atomic E-state index is 5.51. The first-order chi connectivity index (χ1) is 13.3. The van der Waals surface area contributed by atoms with Crippen LogP contribution in [0.3, 0.4) is 0 Å². The molecule has 0 radical (unpaired) electrons. The van der Waals surface area contributed by atoms with Gasteiger partial charge in [0.25, 0.3) is 0 Å². The Balaban J connectivity index is 1.45. The zero-order chi connectivity index (χ0) is 18.5. The Morgan fingerprint density at radius 3 is 2.89 bits per heavy atom. The molecule has 0 spiro atoms. The third-order valence-corrected chi connectivity index (χ3v) is 5.58. The fourth-order valence-electron chi connectivity index (χ4n) is 3.97. The van der Waals surface area contributed by atoms with Crippen LogP contribution in [0.15, 0.2) is 35.0 Å². The fourth-order valence-corrected chi connectivity index (χ4v) is 3.97. The molecule has 1 unspecified atom stereocenters. The Morgan fingerprint density at radius 1 is 1.15 bits per heavy atom. The number of fused-ring (bicyclic) bond motifs is 1. The molecule has 1 N–H and O–H groups in total. The summed E-state index contributed by atoms with van der Waals surface area (Å²) < 4.78 is 7.87. The number of nitrogens with zero attached hydrogens (tertiary/aromatic N) is 3. The quantitative estimate of drug-likeness (QED) is 0.510. The van der Waals surface area contributed by atoms with E-state index in [2.05, 4.69) is 57.4 Å². The molecule has 3 heterocycles. The van der Waals surface area contributed by atoms with Gasteiger partial charge in [-0.1, -0.05) is 56.3 Å². The normalized spacial score (nSPS) is 17.1. The highest BCUT2D eigenvalue weighted by molar-refractivity contribution is 5.84. The molecule has 27 heavy (non-hydrogen) atoms. The molecule has 1 saturated heterocycles. The van der Waals surface area contributed by atoms with Gasteiger partial charge in [0.15, 0.2) is 0 Å². The number of hydrogen-bond donors (Lipinski definition) is 1. The molecule has 1 aliphatic rings. The van der Waals surface area contributed by atoms with Crippen molar-refractivity contribution in [1.29, 1.82) is 0 Å². The Bertz CT molecular complexity index is 860. The van der Waals surface area contributed by atoms with Crippen molar-refractivity contribution in [3.8, 4) is 11.4 Å². The van der Waals surface area contributed by atoms with Gasteiger partial charge in [-0.05, 0) is 43.3 Å². The predicted molar refractivity (Wildman–Crippen MR) is 109 cm³/mol. The molecule has 3 aromatic rings. The van der Waals surface area contributed by atoms with E-state index in [1.54, 1.807) is 0 Å². The molecular formula is C22H30N4O. The van der Waals surface area contributed by atoms with Crippen LogP contribution in [-0.4, -0.2) is 21.3 Å². The van der Waals surface area contributed by atoms with Crippen molar-refractivity contribution in [3.63, 3.8) is 0 Å². The lowest BCUT2D eigenvalue weighted by atomic mass is 10.1. The average molecular weight is 367 g/mol. The van der Waals surface area contributed by atoms with Crippen LogP contribution in [0.1, 0.15) is 70.2 Å². The van der Waals surface area contributed by atoms with E-state index >= 15 is 0 Å². The summed E-state index contributed by atoms with van der Waals surface area (Å²) in [5.74, 6) is 1.40. The number of aryl methyl sites for hydroxylation is 1. The first-order valence-corrected chi connectivity index (χ1v) is 10.5. The summed E-state index contributed by atoms with van der Waals surface area (Å²) in [5, 5.41) is 8.90. The van der Waals surface area contributed by atoms with Crippen molar-refractivity contribution in [2.45, 2.75) is 70.9 Å². The van der Waals surface area contributed by atoms with Crippen molar-refractivity contribution >= 4 is 10.9 Å². The highest BCUT2D eigenvalue weighted by Crippen LogP contribution is 2.27. The van der Waals surface area contributed by atoms with Gasteiger partial charge in [-0.3, -0.25) is 0 Å². The molecule has 144 valence electrons. The maximum Gasteiger partial charge on any atom is 0.244 e. The minimum absolute atomic E-state index is 0.214. The molecule has 0 bridgehead atoms. The second-order valence-electron chi connectivity index (χ2n) is 7.66. The molecule has 2 aromatic heterocycles. The van der Waals surface area contributed by atoms with Gasteiger partial charge in [-0.15, -0.1) is 0 Å². The van der Waals surface area contributed by atoms with Crippen molar-refractivity contribution in [2.24, 2.45) is 0 Å². The van der Waals surface area contributed by atoms with Gasteiger partial charge in [-0.25, -0.2) is 0 Å². The molecule has 1 aromatic carbocycles. The van der Waals surface area contributed by atoms with Crippen LogP contribution in [0.25, 0.3) is 22.3 Å². The minimum Gasteiger partial charge on any atom is -0.347 e. The molecule has 5 nitrogen and oxygen atoms in total. The Kier molecular flexibility index (Phi) is 5.87. The van der Waals surface area contributed by atoms with Crippen LogP contribution in [0.5, 0.6) is 0 Å². The molecule has 0 amide bonds. The second kappa shape index (κ2) is 8.70. The van der Waals surface area contributed by atoms with Crippen molar-refractivity contribution < 1.29 is 4.52 Å². The van der Waals surface area contributed by atoms with Crippen molar-refractivity contribution in [1.82, 2.24) is 20.0 Å². The Morgan fingerprint density at radius 2 is 2.04 bits per heavy atom. The molecular weight excluding hydrogens is 336 g/mol. The van der Waals surface area contributed by atoms with Crippen LogP contribution in [0.2, 0.25) is 0 Å². The standard InChI is InChI=1S/C22H30N4O/c1-2-3-4-5-6-7-14-26-15-12-17-10-11-18(16-20(17)26)21-24-22(27-25-21)19-9-8-13-23-19/h10-12,15-16,19,23H,2-9,13-14H2,1H3. The van der Waals surface area contributed by atoms with E-state index < -0.39 is 0 Å². The number of nitrogens with one attached hydrogen (secondary N) is 1. The van der Waals surface area contributed by atoms with E-state index in [9.17, 15) is 0 Å². The first-order valence-electron chi connectivity index (χ1n) is 10.5. The highest BCUT2D eigenvalue weighted by Gasteiger charge is 2.22. The van der Waals surface area contributed by atoms with Crippen molar-refractivity contribution in [2.75, 3.05) is 6.54 Å². The summed E-state index contributed by atoms with van der Waals surface area (Å²) in [6.45, 7) is 4.36. The number of rotatable bonds is 9. The minimum atomic E-state index is 0.214. The molecule has 5 heteroatoms. The average Bonchev–Trinajstić information content (AvgIpc) is 3.44. The molecule has 1 aliphatic heterocycles. The largest absolute Gasteiger partial charge is 0.347 e. The van der Waals surface area contributed by atoms with E-state index in [1.165, 1.54) is 55.8 Å². The summed E-state index contributed by atoms with van der Waals surface area (Å²) >= 11 is 0. The third-order valence-electron chi connectivity index (χ3n) is 5.58. The molecule has 4 rings (SSSR count). The topological polar surface area (TPSA) is 55.9 Å². The van der Waals surface area contributed by atoms with Crippen LogP contribution in [0.4, 0.5) is 0 Å². The Hall–Kier alpha value is -2.14. The zero-order valence-corrected chi connectivity index (χ0v) is 16.3.